The van der Waals surface area contributed by atoms with Gasteiger partial charge in [-0.2, -0.15) is 5.10 Å². The van der Waals surface area contributed by atoms with E-state index in [0.717, 1.165) is 22.2 Å². The molecule has 0 bridgehead atoms. The highest BCUT2D eigenvalue weighted by atomic mass is 16.4. The van der Waals surface area contributed by atoms with E-state index in [0.29, 0.717) is 43.9 Å². The number of aromatic nitrogens is 4. The topological polar surface area (TPSA) is 342 Å². The Hall–Kier alpha value is -6.66. The monoisotopic (exact) mass is 859 g/mol. The Morgan fingerprint density at radius 1 is 0.705 bits per heavy atom. The molecule has 3 rings (SSSR count). The van der Waals surface area contributed by atoms with Crippen LogP contribution in [0.15, 0.2) is 36.8 Å². The molecule has 1 aromatic carbocycles. The summed E-state index contributed by atoms with van der Waals surface area (Å²) in [5, 5.41) is 62.3. The number of H-pyrrole nitrogens is 1. The van der Waals surface area contributed by atoms with Gasteiger partial charge < -0.3 is 51.8 Å². The zero-order chi connectivity index (χ0) is 44.7. The Morgan fingerprint density at radius 2 is 1.33 bits per heavy atom. The van der Waals surface area contributed by atoms with Gasteiger partial charge in [0.1, 0.15) is 6.04 Å². The molecule has 334 valence electrons. The van der Waals surface area contributed by atoms with Crippen LogP contribution in [0.3, 0.4) is 0 Å². The maximum atomic E-state index is 12.9. The maximum Gasteiger partial charge on any atom is 0.328 e. The fraction of sp³-hybridized carbons (Fsp3) is 0.514. The molecule has 0 aliphatic rings. The van der Waals surface area contributed by atoms with E-state index >= 15 is 0 Å². The van der Waals surface area contributed by atoms with Crippen molar-refractivity contribution in [3.63, 3.8) is 0 Å². The minimum Gasteiger partial charge on any atom is -0.480 e. The molecule has 24 nitrogen and oxygen atoms in total. The van der Waals surface area contributed by atoms with Gasteiger partial charge in [0.15, 0.2) is 5.95 Å². The second-order valence-corrected chi connectivity index (χ2v) is 14.0. The Kier molecular flexibility index (Phi) is 20.6. The summed E-state index contributed by atoms with van der Waals surface area (Å²) in [5.74, 6) is -7.22. The first-order valence-corrected chi connectivity index (χ1v) is 19.4. The van der Waals surface area contributed by atoms with Gasteiger partial charge in [-0.05, 0) is 37.5 Å². The average Bonchev–Trinajstić information content (AvgIpc) is 3.86. The zero-order valence-corrected chi connectivity index (χ0v) is 33.5. The minimum absolute atomic E-state index is 0.0187. The van der Waals surface area contributed by atoms with Crippen molar-refractivity contribution in [1.29, 1.82) is 0 Å². The molecule has 0 aliphatic carbocycles. The van der Waals surface area contributed by atoms with Gasteiger partial charge >= 0.3 is 29.8 Å². The molecule has 0 saturated carbocycles. The number of carbonyl (C=O) groups excluding carboxylic acids is 3. The predicted molar refractivity (Wildman–Crippen MR) is 215 cm³/mol. The third kappa shape index (κ3) is 19.3. The highest BCUT2D eigenvalue weighted by Crippen LogP contribution is 2.16. The lowest BCUT2D eigenvalue weighted by molar-refractivity contribution is -0.143. The first-order valence-electron chi connectivity index (χ1n) is 19.4. The highest BCUT2D eigenvalue weighted by Gasteiger charge is 2.22. The molecular weight excluding hydrogens is 806 g/mol. The van der Waals surface area contributed by atoms with Gasteiger partial charge in [0, 0.05) is 82.1 Å². The zero-order valence-electron chi connectivity index (χ0n) is 33.5. The minimum atomic E-state index is -1.38. The maximum absolute atomic E-state index is 12.9. The van der Waals surface area contributed by atoms with E-state index in [-0.39, 0.29) is 52.2 Å². The number of imidazole rings is 1. The molecule has 0 spiro atoms. The van der Waals surface area contributed by atoms with Gasteiger partial charge in [-0.25, -0.2) is 9.78 Å². The molecule has 0 saturated heterocycles. The summed E-state index contributed by atoms with van der Waals surface area (Å²) in [4.78, 5) is 106. The Bertz CT molecular complexity index is 1920. The molecule has 0 unspecified atom stereocenters. The fourth-order valence-corrected chi connectivity index (χ4v) is 6.07. The van der Waals surface area contributed by atoms with E-state index in [1.54, 1.807) is 36.8 Å². The number of carboxylic acid groups (broad SMARTS) is 5. The average molecular weight is 860 g/mol. The van der Waals surface area contributed by atoms with Crippen molar-refractivity contribution in [3.05, 3.63) is 42.4 Å². The molecule has 3 amide bonds. The van der Waals surface area contributed by atoms with Gasteiger partial charge in [0.2, 0.25) is 11.8 Å². The van der Waals surface area contributed by atoms with E-state index in [1.165, 1.54) is 9.80 Å². The molecule has 3 aromatic rings. The van der Waals surface area contributed by atoms with Crippen LogP contribution in [0.25, 0.3) is 10.9 Å². The Morgan fingerprint density at radius 3 is 1.93 bits per heavy atom. The van der Waals surface area contributed by atoms with Crippen LogP contribution in [-0.4, -0.2) is 192 Å². The predicted octanol–water partition coefficient (Wildman–Crippen LogP) is -1.52. The number of anilines is 1. The lowest BCUT2D eigenvalue weighted by Crippen LogP contribution is -2.48. The van der Waals surface area contributed by atoms with Crippen molar-refractivity contribution >= 4 is 64.4 Å². The summed E-state index contributed by atoms with van der Waals surface area (Å²) in [6.07, 6.45) is 7.04. The molecule has 0 radical (unpaired) electrons. The number of hydrogen-bond acceptors (Lipinski definition) is 14. The molecule has 0 aliphatic heterocycles. The van der Waals surface area contributed by atoms with Crippen molar-refractivity contribution < 1.29 is 63.9 Å². The first kappa shape index (κ1) is 48.7. The third-order valence-electron chi connectivity index (χ3n) is 9.01. The van der Waals surface area contributed by atoms with Crippen LogP contribution in [0, 0.1) is 0 Å². The summed E-state index contributed by atoms with van der Waals surface area (Å²) in [7, 11) is 0. The van der Waals surface area contributed by atoms with Gasteiger partial charge in [-0.3, -0.25) is 52.9 Å². The number of carboxylic acids is 5. The lowest BCUT2D eigenvalue weighted by atomic mass is 10.1. The standard InChI is InChI=1S/C37H53N11O13/c49-29(44-27(36(60)61)19-42-35(59)25-6-7-28-26(17-25)18-43-48(28)12-4-9-39-37-40-10-11-41-37)5-2-1-3-8-38-30(50)20-46(22-32(53)54)15-13-45(21-31(51)52)14-16-47(23-33(55)56)24-34(57)58/h6-7,10-11,17-18,27H,1-5,8-9,12-16,19-24H2,(H,38,50)(H,42,59)(H,44,49)(H,51,52)(H,53,54)(H,55,56)(H,57,58)(H,60,61)(H2,39,40,41)/t27-/m1/s1. The second-order valence-electron chi connectivity index (χ2n) is 14.0. The van der Waals surface area contributed by atoms with E-state index in [2.05, 4.69) is 36.3 Å². The molecular formula is C37H53N11O13. The molecule has 10 N–H and O–H groups in total. The van der Waals surface area contributed by atoms with Gasteiger partial charge in [-0.1, -0.05) is 6.42 Å². The van der Waals surface area contributed by atoms with Crippen LogP contribution in [0.2, 0.25) is 0 Å². The summed E-state index contributed by atoms with van der Waals surface area (Å²) in [5.41, 5.74) is 1.12. The molecule has 1 atom stereocenters. The molecule has 61 heavy (non-hydrogen) atoms. The largest absolute Gasteiger partial charge is 0.480 e. The number of hydrogen-bond donors (Lipinski definition) is 10. The fourth-order valence-electron chi connectivity index (χ4n) is 6.07. The summed E-state index contributed by atoms with van der Waals surface area (Å²) in [6, 6.07) is 3.63. The van der Waals surface area contributed by atoms with Crippen LogP contribution in [0.4, 0.5) is 5.95 Å². The number of fused-ring (bicyclic) bond motifs is 1. The normalized spacial score (nSPS) is 11.7. The molecule has 24 heteroatoms. The quantitative estimate of drug-likeness (QED) is 0.0319. The van der Waals surface area contributed by atoms with Crippen LogP contribution in [0.5, 0.6) is 0 Å². The number of unbranched alkanes of at least 4 members (excludes halogenated alkanes) is 2. The SMILES string of the molecule is O=C(O)CN(CCN(CC(=O)O)CC(=O)O)CCN(CC(=O)O)CC(=O)NCCCCCC(=O)N[C@H](CNC(=O)c1ccc2c(cnn2CCCNc2ncc[nH]2)c1)C(=O)O. The Labute approximate surface area is 349 Å². The lowest BCUT2D eigenvalue weighted by Gasteiger charge is -2.27. The number of carbonyl (C=O) groups is 8. The van der Waals surface area contributed by atoms with Crippen molar-refractivity contribution in [2.45, 2.75) is 44.7 Å². The van der Waals surface area contributed by atoms with Gasteiger partial charge in [-0.15, -0.1) is 0 Å². The van der Waals surface area contributed by atoms with Crippen LogP contribution in [-0.2, 0) is 40.1 Å². The van der Waals surface area contributed by atoms with E-state index in [1.807, 2.05) is 4.68 Å². The third-order valence-corrected chi connectivity index (χ3v) is 9.01. The van der Waals surface area contributed by atoms with Crippen molar-refractivity contribution in [1.82, 2.24) is 50.4 Å². The van der Waals surface area contributed by atoms with E-state index < -0.39 is 79.8 Å². The number of amides is 3. The van der Waals surface area contributed by atoms with Gasteiger partial charge in [0.05, 0.1) is 44.4 Å². The number of benzene rings is 1. The van der Waals surface area contributed by atoms with E-state index in [9.17, 15) is 53.7 Å². The number of nitrogens with one attached hydrogen (secondary N) is 5. The number of aromatic amines is 1. The summed E-state index contributed by atoms with van der Waals surface area (Å²) in [6.45, 7) is -1.60. The molecule has 2 heterocycles. The first-order chi connectivity index (χ1) is 29.1. The summed E-state index contributed by atoms with van der Waals surface area (Å²) < 4.78 is 1.82. The number of nitrogens with zero attached hydrogens (tertiary/aromatic N) is 6. The smallest absolute Gasteiger partial charge is 0.328 e. The van der Waals surface area contributed by atoms with Crippen molar-refractivity contribution in [3.8, 4) is 0 Å². The number of aryl methyl sites for hydroxylation is 1. The van der Waals surface area contributed by atoms with Crippen LogP contribution in [0.1, 0.15) is 42.5 Å². The number of rotatable bonds is 32. The van der Waals surface area contributed by atoms with E-state index in [4.69, 9.17) is 10.2 Å². The van der Waals surface area contributed by atoms with Gasteiger partial charge in [0.25, 0.3) is 5.91 Å². The number of aliphatic carboxylic acids is 5. The van der Waals surface area contributed by atoms with Crippen LogP contribution >= 0.6 is 0 Å². The molecule has 2 aromatic heterocycles. The van der Waals surface area contributed by atoms with Crippen molar-refractivity contribution in [2.75, 3.05) is 83.9 Å². The molecule has 0 fully saturated rings. The summed E-state index contributed by atoms with van der Waals surface area (Å²) >= 11 is 0. The second kappa shape index (κ2) is 25.7. The highest BCUT2D eigenvalue weighted by molar-refractivity contribution is 5.98. The van der Waals surface area contributed by atoms with Crippen LogP contribution < -0.4 is 21.3 Å². The van der Waals surface area contributed by atoms with Crippen molar-refractivity contribution in [2.24, 2.45) is 0 Å². The Balaban J connectivity index is 1.36.